The van der Waals surface area contributed by atoms with Crippen LogP contribution in [0.5, 0.6) is 0 Å². The monoisotopic (exact) mass is 369 g/mol. The lowest BCUT2D eigenvalue weighted by Gasteiger charge is -2.31. The van der Waals surface area contributed by atoms with Gasteiger partial charge in [-0.3, -0.25) is 4.90 Å². The number of hydrogen-bond donors (Lipinski definition) is 2. The molecule has 1 unspecified atom stereocenters. The van der Waals surface area contributed by atoms with Gasteiger partial charge in [0.25, 0.3) is 0 Å². The number of carbonyl (C=O) groups is 2. The summed E-state index contributed by atoms with van der Waals surface area (Å²) in [7, 11) is 0. The summed E-state index contributed by atoms with van der Waals surface area (Å²) in [5, 5.41) is 19.1. The average Bonchev–Trinajstić information content (AvgIpc) is 2.68. The first-order chi connectivity index (χ1) is 13.1. The van der Waals surface area contributed by atoms with E-state index in [0.29, 0.717) is 31.7 Å². The van der Waals surface area contributed by atoms with Crippen molar-refractivity contribution in [3.05, 3.63) is 70.8 Å². The Morgan fingerprint density at radius 2 is 1.52 bits per heavy atom. The van der Waals surface area contributed by atoms with Crippen molar-refractivity contribution in [2.24, 2.45) is 0 Å². The lowest BCUT2D eigenvalue weighted by Crippen LogP contribution is -2.39. The minimum absolute atomic E-state index is 0.129. The standard InChI is InChI=1S/C21H23NO5/c23-20(24)18-7-2-1-5-15(18)13-16(14-22-9-11-27-12-10-22)17-6-3-4-8-19(17)21(25)26/h1-8,16H,9-14H2,(H,23,24)(H,25,26). The van der Waals surface area contributed by atoms with E-state index >= 15 is 0 Å². The molecule has 0 amide bonds. The van der Waals surface area contributed by atoms with Gasteiger partial charge in [0.1, 0.15) is 0 Å². The number of aromatic carboxylic acids is 2. The van der Waals surface area contributed by atoms with Crippen molar-refractivity contribution < 1.29 is 24.5 Å². The van der Waals surface area contributed by atoms with Crippen molar-refractivity contribution >= 4 is 11.9 Å². The highest BCUT2D eigenvalue weighted by Gasteiger charge is 2.24. The molecule has 1 atom stereocenters. The highest BCUT2D eigenvalue weighted by Crippen LogP contribution is 2.27. The molecule has 1 aliphatic rings. The zero-order valence-corrected chi connectivity index (χ0v) is 15.0. The number of hydrogen-bond acceptors (Lipinski definition) is 4. The van der Waals surface area contributed by atoms with E-state index in [-0.39, 0.29) is 17.0 Å². The summed E-state index contributed by atoms with van der Waals surface area (Å²) in [6.07, 6.45) is 0.462. The molecule has 0 aromatic heterocycles. The third kappa shape index (κ3) is 4.72. The Hall–Kier alpha value is -2.70. The fourth-order valence-electron chi connectivity index (χ4n) is 3.59. The number of nitrogens with zero attached hydrogens (tertiary/aromatic N) is 1. The quantitative estimate of drug-likeness (QED) is 0.780. The van der Waals surface area contributed by atoms with Gasteiger partial charge in [-0.1, -0.05) is 36.4 Å². The van der Waals surface area contributed by atoms with E-state index in [1.807, 2.05) is 18.2 Å². The molecule has 1 fully saturated rings. The minimum Gasteiger partial charge on any atom is -0.478 e. The van der Waals surface area contributed by atoms with Gasteiger partial charge in [0.15, 0.2) is 0 Å². The van der Waals surface area contributed by atoms with Gasteiger partial charge in [0, 0.05) is 25.6 Å². The molecule has 2 aromatic rings. The fourth-order valence-corrected chi connectivity index (χ4v) is 3.59. The highest BCUT2D eigenvalue weighted by atomic mass is 16.5. The van der Waals surface area contributed by atoms with E-state index in [0.717, 1.165) is 18.7 Å². The fraction of sp³-hybridized carbons (Fsp3) is 0.333. The van der Waals surface area contributed by atoms with Crippen LogP contribution in [0.1, 0.15) is 37.8 Å². The van der Waals surface area contributed by atoms with Gasteiger partial charge in [0.2, 0.25) is 0 Å². The zero-order valence-electron chi connectivity index (χ0n) is 15.0. The van der Waals surface area contributed by atoms with Gasteiger partial charge in [-0.2, -0.15) is 0 Å². The van der Waals surface area contributed by atoms with E-state index in [1.54, 1.807) is 30.3 Å². The van der Waals surface area contributed by atoms with Gasteiger partial charge in [-0.05, 0) is 29.7 Å². The average molecular weight is 369 g/mol. The Morgan fingerprint density at radius 3 is 2.19 bits per heavy atom. The first kappa shape index (κ1) is 19.1. The first-order valence-electron chi connectivity index (χ1n) is 8.99. The molecule has 0 aliphatic carbocycles. The van der Waals surface area contributed by atoms with Crippen LogP contribution >= 0.6 is 0 Å². The van der Waals surface area contributed by atoms with Crippen LogP contribution in [0.25, 0.3) is 0 Å². The van der Waals surface area contributed by atoms with Crippen molar-refractivity contribution in [1.82, 2.24) is 4.90 Å². The van der Waals surface area contributed by atoms with Crippen molar-refractivity contribution in [2.75, 3.05) is 32.8 Å². The Kier molecular flexibility index (Phi) is 6.21. The summed E-state index contributed by atoms with van der Waals surface area (Å²) in [5.41, 5.74) is 1.97. The Morgan fingerprint density at radius 1 is 0.926 bits per heavy atom. The molecule has 6 heteroatoms. The van der Waals surface area contributed by atoms with Crippen molar-refractivity contribution in [2.45, 2.75) is 12.3 Å². The van der Waals surface area contributed by atoms with Crippen LogP contribution in [0.2, 0.25) is 0 Å². The van der Waals surface area contributed by atoms with E-state index in [9.17, 15) is 19.8 Å². The Bertz CT molecular complexity index is 814. The van der Waals surface area contributed by atoms with Crippen LogP contribution in [-0.2, 0) is 11.2 Å². The van der Waals surface area contributed by atoms with Crippen molar-refractivity contribution in [3.8, 4) is 0 Å². The number of rotatable bonds is 7. The van der Waals surface area contributed by atoms with Crippen LogP contribution in [-0.4, -0.2) is 59.9 Å². The van der Waals surface area contributed by atoms with Gasteiger partial charge >= 0.3 is 11.9 Å². The van der Waals surface area contributed by atoms with E-state index in [4.69, 9.17) is 4.74 Å². The predicted octanol–water partition coefficient (Wildman–Crippen LogP) is 2.74. The summed E-state index contributed by atoms with van der Waals surface area (Å²) in [6.45, 7) is 3.53. The Balaban J connectivity index is 1.95. The third-order valence-electron chi connectivity index (χ3n) is 4.93. The molecule has 3 rings (SSSR count). The van der Waals surface area contributed by atoms with Crippen molar-refractivity contribution in [1.29, 1.82) is 0 Å². The summed E-state index contributed by atoms with van der Waals surface area (Å²) in [4.78, 5) is 25.5. The zero-order chi connectivity index (χ0) is 19.2. The van der Waals surface area contributed by atoms with Crippen LogP contribution in [0.4, 0.5) is 0 Å². The van der Waals surface area contributed by atoms with Gasteiger partial charge in [-0.15, -0.1) is 0 Å². The molecule has 6 nitrogen and oxygen atoms in total. The van der Waals surface area contributed by atoms with Gasteiger partial charge in [0.05, 0.1) is 24.3 Å². The summed E-state index contributed by atoms with van der Waals surface area (Å²) >= 11 is 0. The molecule has 2 N–H and O–H groups in total. The molecule has 0 spiro atoms. The molecule has 1 heterocycles. The third-order valence-corrected chi connectivity index (χ3v) is 4.93. The summed E-state index contributed by atoms with van der Waals surface area (Å²) < 4.78 is 5.40. The second kappa shape index (κ2) is 8.79. The van der Waals surface area contributed by atoms with E-state index < -0.39 is 11.9 Å². The molecule has 0 bridgehead atoms. The van der Waals surface area contributed by atoms with E-state index in [1.165, 1.54) is 0 Å². The molecule has 1 aliphatic heterocycles. The van der Waals surface area contributed by atoms with Gasteiger partial charge in [-0.25, -0.2) is 9.59 Å². The van der Waals surface area contributed by atoms with Gasteiger partial charge < -0.3 is 14.9 Å². The number of ether oxygens (including phenoxy) is 1. The highest BCUT2D eigenvalue weighted by molar-refractivity contribution is 5.90. The number of morpholine rings is 1. The maximum absolute atomic E-state index is 11.7. The predicted molar refractivity (Wildman–Crippen MR) is 101 cm³/mol. The second-order valence-corrected chi connectivity index (χ2v) is 6.67. The molecule has 0 saturated carbocycles. The van der Waals surface area contributed by atoms with Crippen LogP contribution in [0, 0.1) is 0 Å². The lowest BCUT2D eigenvalue weighted by atomic mass is 9.86. The maximum Gasteiger partial charge on any atom is 0.335 e. The normalized spacial score (nSPS) is 16.0. The first-order valence-corrected chi connectivity index (χ1v) is 8.99. The maximum atomic E-state index is 11.7. The lowest BCUT2D eigenvalue weighted by molar-refractivity contribution is 0.0348. The number of carboxylic acids is 2. The summed E-state index contributed by atoms with van der Waals surface area (Å²) in [6, 6.07) is 13.9. The number of benzene rings is 2. The SMILES string of the molecule is O=C(O)c1ccccc1CC(CN1CCOCC1)c1ccccc1C(=O)O. The molecular formula is C21H23NO5. The smallest absolute Gasteiger partial charge is 0.335 e. The van der Waals surface area contributed by atoms with Crippen LogP contribution in [0.3, 0.4) is 0 Å². The molecule has 142 valence electrons. The molecule has 0 radical (unpaired) electrons. The summed E-state index contributed by atoms with van der Waals surface area (Å²) in [5.74, 6) is -2.07. The van der Waals surface area contributed by atoms with Crippen molar-refractivity contribution in [3.63, 3.8) is 0 Å². The Labute approximate surface area is 158 Å². The van der Waals surface area contributed by atoms with Crippen LogP contribution < -0.4 is 0 Å². The largest absolute Gasteiger partial charge is 0.478 e. The second-order valence-electron chi connectivity index (χ2n) is 6.67. The molecular weight excluding hydrogens is 346 g/mol. The molecule has 2 aromatic carbocycles. The number of carboxylic acid groups (broad SMARTS) is 2. The molecule has 1 saturated heterocycles. The topological polar surface area (TPSA) is 87.1 Å². The minimum atomic E-state index is -0.970. The molecule has 27 heavy (non-hydrogen) atoms. The van der Waals surface area contributed by atoms with E-state index in [2.05, 4.69) is 4.90 Å². The van der Waals surface area contributed by atoms with Crippen LogP contribution in [0.15, 0.2) is 48.5 Å².